The van der Waals surface area contributed by atoms with Crippen LogP contribution >= 0.6 is 0 Å². The third-order valence-electron chi connectivity index (χ3n) is 5.14. The van der Waals surface area contributed by atoms with Crippen molar-refractivity contribution in [2.24, 2.45) is 0 Å². The van der Waals surface area contributed by atoms with Gasteiger partial charge < -0.3 is 10.2 Å². The Labute approximate surface area is 161 Å². The summed E-state index contributed by atoms with van der Waals surface area (Å²) in [6.07, 6.45) is 2.08. The van der Waals surface area contributed by atoms with Crippen LogP contribution in [0.15, 0.2) is 54.6 Å². The van der Waals surface area contributed by atoms with Crippen molar-refractivity contribution in [1.82, 2.24) is 10.2 Å². The van der Waals surface area contributed by atoms with Gasteiger partial charge in [-0.2, -0.15) is 5.26 Å². The van der Waals surface area contributed by atoms with E-state index in [1.54, 1.807) is 24.1 Å². The molecule has 0 atom stereocenters. The van der Waals surface area contributed by atoms with Gasteiger partial charge in [-0.05, 0) is 43.6 Å². The van der Waals surface area contributed by atoms with Crippen LogP contribution in [0.4, 0.5) is 5.69 Å². The van der Waals surface area contributed by atoms with Crippen LogP contribution in [0.1, 0.15) is 24.0 Å². The number of rotatable bonds is 6. The number of carbonyl (C=O) groups is 1. The standard InChI is InChI=1S/C22H26N4O/c1-25(21-10-6-5-9-19(21)15-23)22(27)16-24-20-11-13-26(14-12-20)17-18-7-3-2-4-8-18/h2-10,20,24H,11-14,16-17H2,1H3. The average molecular weight is 362 g/mol. The second-order valence-corrected chi connectivity index (χ2v) is 7.00. The molecule has 5 heteroatoms. The molecular weight excluding hydrogens is 336 g/mol. The van der Waals surface area contributed by atoms with Gasteiger partial charge in [0, 0.05) is 19.6 Å². The number of hydrogen-bond acceptors (Lipinski definition) is 4. The summed E-state index contributed by atoms with van der Waals surface area (Å²) in [5.41, 5.74) is 2.52. The minimum absolute atomic E-state index is 0.0237. The highest BCUT2D eigenvalue weighted by atomic mass is 16.2. The lowest BCUT2D eigenvalue weighted by atomic mass is 10.0. The first-order chi connectivity index (χ1) is 13.2. The molecule has 1 aliphatic rings. The summed E-state index contributed by atoms with van der Waals surface area (Å²) in [5, 5.41) is 12.6. The fraction of sp³-hybridized carbons (Fsp3) is 0.364. The number of carbonyl (C=O) groups excluding carboxylic acids is 1. The number of para-hydroxylation sites is 1. The average Bonchev–Trinajstić information content (AvgIpc) is 2.73. The third-order valence-corrected chi connectivity index (χ3v) is 5.14. The number of likely N-dealkylation sites (N-methyl/N-ethyl adjacent to an activating group) is 1. The minimum Gasteiger partial charge on any atom is -0.313 e. The fourth-order valence-corrected chi connectivity index (χ4v) is 3.48. The Hall–Kier alpha value is -2.68. The number of piperidine rings is 1. The summed E-state index contributed by atoms with van der Waals surface area (Å²) in [4.78, 5) is 16.5. The van der Waals surface area contributed by atoms with Gasteiger partial charge in [-0.1, -0.05) is 42.5 Å². The van der Waals surface area contributed by atoms with Crippen LogP contribution in [0.25, 0.3) is 0 Å². The van der Waals surface area contributed by atoms with Crippen molar-refractivity contribution in [3.63, 3.8) is 0 Å². The number of amides is 1. The van der Waals surface area contributed by atoms with Crippen LogP contribution in [-0.2, 0) is 11.3 Å². The number of benzene rings is 2. The topological polar surface area (TPSA) is 59.4 Å². The van der Waals surface area contributed by atoms with E-state index in [1.807, 2.05) is 18.2 Å². The second kappa shape index (κ2) is 9.31. The van der Waals surface area contributed by atoms with Crippen LogP contribution in [0.2, 0.25) is 0 Å². The Bertz CT molecular complexity index is 791. The Balaban J connectivity index is 1.44. The van der Waals surface area contributed by atoms with Gasteiger partial charge in [-0.15, -0.1) is 0 Å². The summed E-state index contributed by atoms with van der Waals surface area (Å²) < 4.78 is 0. The molecule has 5 nitrogen and oxygen atoms in total. The number of anilines is 1. The highest BCUT2D eigenvalue weighted by Gasteiger charge is 2.21. The van der Waals surface area contributed by atoms with E-state index in [2.05, 4.69) is 40.6 Å². The number of hydrogen-bond donors (Lipinski definition) is 1. The summed E-state index contributed by atoms with van der Waals surface area (Å²) in [6, 6.07) is 20.2. The zero-order valence-electron chi connectivity index (χ0n) is 15.8. The molecule has 0 aliphatic carbocycles. The predicted octanol–water partition coefficient (Wildman–Crippen LogP) is 2.78. The van der Waals surface area contributed by atoms with Crippen molar-refractivity contribution >= 4 is 11.6 Å². The summed E-state index contributed by atoms with van der Waals surface area (Å²) in [7, 11) is 1.72. The van der Waals surface area contributed by atoms with Crippen molar-refractivity contribution in [1.29, 1.82) is 5.26 Å². The molecule has 1 saturated heterocycles. The van der Waals surface area contributed by atoms with Gasteiger partial charge in [-0.25, -0.2) is 0 Å². The number of nitrogens with one attached hydrogen (secondary N) is 1. The SMILES string of the molecule is CN(C(=O)CNC1CCN(Cc2ccccc2)CC1)c1ccccc1C#N. The molecule has 2 aromatic carbocycles. The van der Waals surface area contributed by atoms with Crippen molar-refractivity contribution in [2.75, 3.05) is 31.6 Å². The van der Waals surface area contributed by atoms with Crippen molar-refractivity contribution in [2.45, 2.75) is 25.4 Å². The van der Waals surface area contributed by atoms with Gasteiger partial charge >= 0.3 is 0 Å². The second-order valence-electron chi connectivity index (χ2n) is 7.00. The van der Waals surface area contributed by atoms with E-state index in [-0.39, 0.29) is 5.91 Å². The highest BCUT2D eigenvalue weighted by molar-refractivity contribution is 5.95. The molecule has 27 heavy (non-hydrogen) atoms. The Kier molecular flexibility index (Phi) is 6.59. The first-order valence-corrected chi connectivity index (χ1v) is 9.42. The molecule has 0 aromatic heterocycles. The maximum atomic E-state index is 12.5. The summed E-state index contributed by atoms with van der Waals surface area (Å²) in [5.74, 6) is -0.0237. The molecule has 2 aromatic rings. The maximum Gasteiger partial charge on any atom is 0.240 e. The van der Waals surface area contributed by atoms with Gasteiger partial charge in [0.15, 0.2) is 0 Å². The Morgan fingerprint density at radius 2 is 1.81 bits per heavy atom. The van der Waals surface area contributed by atoms with E-state index in [4.69, 9.17) is 0 Å². The van der Waals surface area contributed by atoms with E-state index in [9.17, 15) is 10.1 Å². The minimum atomic E-state index is -0.0237. The fourth-order valence-electron chi connectivity index (χ4n) is 3.48. The zero-order valence-corrected chi connectivity index (χ0v) is 15.8. The van der Waals surface area contributed by atoms with Gasteiger partial charge in [-0.3, -0.25) is 9.69 Å². The number of nitrogens with zero attached hydrogens (tertiary/aromatic N) is 3. The van der Waals surface area contributed by atoms with Crippen LogP contribution < -0.4 is 10.2 Å². The van der Waals surface area contributed by atoms with Crippen molar-refractivity contribution < 1.29 is 4.79 Å². The molecule has 0 bridgehead atoms. The molecule has 1 amide bonds. The molecule has 1 fully saturated rings. The van der Waals surface area contributed by atoms with Gasteiger partial charge in [0.1, 0.15) is 6.07 Å². The van der Waals surface area contributed by atoms with E-state index in [0.717, 1.165) is 32.5 Å². The normalized spacial score (nSPS) is 15.3. The molecule has 3 rings (SSSR count). The monoisotopic (exact) mass is 362 g/mol. The van der Waals surface area contributed by atoms with Crippen molar-refractivity contribution in [3.05, 3.63) is 65.7 Å². The molecule has 1 aliphatic heterocycles. The summed E-state index contributed by atoms with van der Waals surface area (Å²) in [6.45, 7) is 3.35. The zero-order chi connectivity index (χ0) is 19.1. The predicted molar refractivity (Wildman–Crippen MR) is 107 cm³/mol. The number of nitriles is 1. The van der Waals surface area contributed by atoms with Gasteiger partial charge in [0.25, 0.3) is 0 Å². The molecule has 0 spiro atoms. The van der Waals surface area contributed by atoms with Crippen molar-refractivity contribution in [3.8, 4) is 6.07 Å². The first kappa shape index (κ1) is 19.1. The Morgan fingerprint density at radius 3 is 2.52 bits per heavy atom. The molecule has 0 radical (unpaired) electrons. The molecular formula is C22H26N4O. The van der Waals surface area contributed by atoms with E-state index in [0.29, 0.717) is 23.8 Å². The summed E-state index contributed by atoms with van der Waals surface area (Å²) >= 11 is 0. The highest BCUT2D eigenvalue weighted by Crippen LogP contribution is 2.18. The maximum absolute atomic E-state index is 12.5. The lowest BCUT2D eigenvalue weighted by Gasteiger charge is -2.32. The first-order valence-electron chi connectivity index (χ1n) is 9.42. The smallest absolute Gasteiger partial charge is 0.240 e. The lowest BCUT2D eigenvalue weighted by molar-refractivity contribution is -0.117. The van der Waals surface area contributed by atoms with Crippen LogP contribution in [-0.4, -0.2) is 43.5 Å². The Morgan fingerprint density at radius 1 is 1.15 bits per heavy atom. The molecule has 0 unspecified atom stereocenters. The van der Waals surface area contributed by atoms with E-state index >= 15 is 0 Å². The van der Waals surface area contributed by atoms with Crippen LogP contribution in [0.3, 0.4) is 0 Å². The van der Waals surface area contributed by atoms with Gasteiger partial charge in [0.05, 0.1) is 17.8 Å². The third kappa shape index (κ3) is 5.16. The molecule has 1 N–H and O–H groups in total. The molecule has 1 heterocycles. The number of likely N-dealkylation sites (tertiary alicyclic amines) is 1. The lowest BCUT2D eigenvalue weighted by Crippen LogP contribution is -2.45. The van der Waals surface area contributed by atoms with Gasteiger partial charge in [0.2, 0.25) is 5.91 Å². The van der Waals surface area contributed by atoms with Crippen LogP contribution in [0.5, 0.6) is 0 Å². The molecule has 140 valence electrons. The molecule has 0 saturated carbocycles. The quantitative estimate of drug-likeness (QED) is 0.858. The van der Waals surface area contributed by atoms with E-state index < -0.39 is 0 Å². The van der Waals surface area contributed by atoms with E-state index in [1.165, 1.54) is 5.56 Å². The largest absolute Gasteiger partial charge is 0.313 e. The van der Waals surface area contributed by atoms with Crippen LogP contribution in [0, 0.1) is 11.3 Å².